The smallest absolute Gasteiger partial charge is 0.0387 e. The number of rotatable bonds is 4. The molecular formula is C72H96S4. The Bertz CT molecular complexity index is 3360. The summed E-state index contributed by atoms with van der Waals surface area (Å²) in [7, 11) is 0. The first-order valence-corrected chi connectivity index (χ1v) is 32.4. The number of fused-ring (bicyclic) bond motifs is 12. The molecule has 0 bridgehead atoms. The maximum absolute atomic E-state index is 2.33. The van der Waals surface area contributed by atoms with E-state index in [1.54, 1.807) is 0 Å². The minimum absolute atomic E-state index is 1.11. The highest BCUT2D eigenvalue weighted by Gasteiger charge is 2.09. The zero-order chi connectivity index (χ0) is 57.0. The first kappa shape index (κ1) is 68.7. The molecule has 0 aliphatic heterocycles. The lowest BCUT2D eigenvalue weighted by Crippen LogP contribution is -1.79. The molecule has 4 aromatic heterocycles. The van der Waals surface area contributed by atoms with Crippen LogP contribution in [0.25, 0.3) is 80.7 Å². The number of hydrogen-bond acceptors (Lipinski definition) is 4. The second-order valence-electron chi connectivity index (χ2n) is 15.1. The fourth-order valence-electron chi connectivity index (χ4n) is 8.21. The van der Waals surface area contributed by atoms with Crippen molar-refractivity contribution in [2.75, 3.05) is 0 Å². The standard InChI is InChI=1S/4C14H12S.8C2H6/c1-2-10-6-5-8-12-11-7-3-4-9-13(11)15-14(10)12;1-2-10-6-5-9-13-14(10)11-7-3-4-8-12(11)15-13;1-2-10-7-8-14-12(9-10)11-5-3-4-6-13(11)15-14;1-2-10-7-8-12-11-5-3-4-6-13(11)15-14(12)9-10;8*1-2/h4*3-9H,2H2,1H3;8*1-2H3. The summed E-state index contributed by atoms with van der Waals surface area (Å²) in [6.07, 6.45) is 4.45. The molecule has 4 heterocycles. The van der Waals surface area contributed by atoms with Crippen LogP contribution in [0.2, 0.25) is 0 Å². The number of benzene rings is 8. The van der Waals surface area contributed by atoms with Crippen molar-refractivity contribution in [3.05, 3.63) is 192 Å². The molecule has 0 unspecified atom stereocenters. The predicted molar refractivity (Wildman–Crippen MR) is 366 cm³/mol. The van der Waals surface area contributed by atoms with Gasteiger partial charge in [0.1, 0.15) is 0 Å². The average Bonchev–Trinajstić information content (AvgIpc) is 4.31. The van der Waals surface area contributed by atoms with Crippen LogP contribution in [0.1, 0.15) is 161 Å². The molecule has 0 saturated carbocycles. The molecule has 0 fully saturated rings. The quantitative estimate of drug-likeness (QED) is 0.165. The summed E-state index contributed by atoms with van der Waals surface area (Å²) in [6, 6.07) is 61.5. The van der Waals surface area contributed by atoms with E-state index in [4.69, 9.17) is 0 Å². The summed E-state index contributed by atoms with van der Waals surface area (Å²) in [5.74, 6) is 0. The first-order valence-electron chi connectivity index (χ1n) is 29.1. The van der Waals surface area contributed by atoms with Gasteiger partial charge >= 0.3 is 0 Å². The summed E-state index contributed by atoms with van der Waals surface area (Å²) < 4.78 is 11.3. The van der Waals surface area contributed by atoms with Crippen LogP contribution in [0.15, 0.2) is 170 Å². The Kier molecular flexibility index (Phi) is 36.1. The molecular weight excluding hydrogens is 993 g/mol. The fraction of sp³-hybridized carbons (Fsp3) is 0.333. The van der Waals surface area contributed by atoms with E-state index in [1.807, 2.05) is 156 Å². The molecule has 8 aromatic carbocycles. The molecule has 0 spiro atoms. The average molecular weight is 1090 g/mol. The Labute approximate surface area is 478 Å². The molecule has 408 valence electrons. The van der Waals surface area contributed by atoms with Crippen LogP contribution < -0.4 is 0 Å². The lowest BCUT2D eigenvalue weighted by molar-refractivity contribution is 1.15. The van der Waals surface area contributed by atoms with Gasteiger partial charge in [0.25, 0.3) is 0 Å². The van der Waals surface area contributed by atoms with E-state index in [9.17, 15) is 0 Å². The van der Waals surface area contributed by atoms with Gasteiger partial charge in [-0.1, -0.05) is 260 Å². The first-order chi connectivity index (χ1) is 37.6. The fourth-order valence-corrected chi connectivity index (χ4v) is 12.9. The van der Waals surface area contributed by atoms with Gasteiger partial charge in [0.2, 0.25) is 0 Å². The van der Waals surface area contributed by atoms with E-state index in [0.717, 1.165) is 25.7 Å². The van der Waals surface area contributed by atoms with Gasteiger partial charge in [-0.2, -0.15) is 0 Å². The molecule has 0 amide bonds. The van der Waals surface area contributed by atoms with E-state index in [2.05, 4.69) is 198 Å². The second kappa shape index (κ2) is 39.9. The zero-order valence-corrected chi connectivity index (χ0v) is 53.9. The van der Waals surface area contributed by atoms with Crippen LogP contribution in [0.4, 0.5) is 0 Å². The van der Waals surface area contributed by atoms with Crippen molar-refractivity contribution >= 4 is 126 Å². The van der Waals surface area contributed by atoms with E-state index < -0.39 is 0 Å². The van der Waals surface area contributed by atoms with Gasteiger partial charge in [0.15, 0.2) is 0 Å². The van der Waals surface area contributed by atoms with Crippen LogP contribution >= 0.6 is 45.3 Å². The third-order valence-electron chi connectivity index (χ3n) is 11.4. The zero-order valence-electron chi connectivity index (χ0n) is 50.6. The predicted octanol–water partition coefficient (Wildman–Crippen LogP) is 26.7. The van der Waals surface area contributed by atoms with E-state index in [1.165, 1.54) is 103 Å². The molecule has 12 rings (SSSR count). The van der Waals surface area contributed by atoms with Crippen molar-refractivity contribution in [3.8, 4) is 0 Å². The molecule has 0 saturated heterocycles. The monoisotopic (exact) mass is 1090 g/mol. The summed E-state index contributed by atoms with van der Waals surface area (Å²) in [6.45, 7) is 40.9. The summed E-state index contributed by atoms with van der Waals surface area (Å²) in [4.78, 5) is 0. The minimum atomic E-state index is 1.11. The Hall–Kier alpha value is -5.36. The second-order valence-corrected chi connectivity index (χ2v) is 19.4. The van der Waals surface area contributed by atoms with Gasteiger partial charge in [-0.05, 0) is 96.5 Å². The van der Waals surface area contributed by atoms with Gasteiger partial charge in [-0.3, -0.25) is 0 Å². The number of thiophene rings is 4. The molecule has 0 aliphatic rings. The van der Waals surface area contributed by atoms with Crippen molar-refractivity contribution in [3.63, 3.8) is 0 Å². The molecule has 0 N–H and O–H groups in total. The Morgan fingerprint density at radius 3 is 1.11 bits per heavy atom. The maximum Gasteiger partial charge on any atom is 0.0387 e. The third-order valence-corrected chi connectivity index (χ3v) is 16.1. The highest BCUT2D eigenvalue weighted by molar-refractivity contribution is 7.27. The Balaban J connectivity index is 0.000000465. The summed E-state index contributed by atoms with van der Waals surface area (Å²) in [5.41, 5.74) is 5.78. The molecule has 0 radical (unpaired) electrons. The van der Waals surface area contributed by atoms with Crippen LogP contribution in [-0.2, 0) is 25.7 Å². The molecule has 0 aliphatic carbocycles. The van der Waals surface area contributed by atoms with Crippen LogP contribution in [0.3, 0.4) is 0 Å². The van der Waals surface area contributed by atoms with Gasteiger partial charge in [-0.25, -0.2) is 0 Å². The van der Waals surface area contributed by atoms with Crippen molar-refractivity contribution < 1.29 is 0 Å². The normalized spacial score (nSPS) is 9.53. The summed E-state index contributed by atoms with van der Waals surface area (Å²) in [5, 5.41) is 11.3. The van der Waals surface area contributed by atoms with Crippen LogP contribution in [0, 0.1) is 0 Å². The maximum atomic E-state index is 2.33. The Morgan fingerprint density at radius 1 is 0.237 bits per heavy atom. The lowest BCUT2D eigenvalue weighted by Gasteiger charge is -1.99. The lowest BCUT2D eigenvalue weighted by atomic mass is 10.0. The van der Waals surface area contributed by atoms with Crippen molar-refractivity contribution in [1.82, 2.24) is 0 Å². The van der Waals surface area contributed by atoms with E-state index in [-0.39, 0.29) is 0 Å². The van der Waals surface area contributed by atoms with Crippen LogP contribution in [0.5, 0.6) is 0 Å². The Morgan fingerprint density at radius 2 is 0.579 bits per heavy atom. The van der Waals surface area contributed by atoms with Gasteiger partial charge < -0.3 is 0 Å². The summed E-state index contributed by atoms with van der Waals surface area (Å²) >= 11 is 7.58. The highest BCUT2D eigenvalue weighted by Crippen LogP contribution is 2.38. The van der Waals surface area contributed by atoms with Crippen LogP contribution in [-0.4, -0.2) is 0 Å². The van der Waals surface area contributed by atoms with Gasteiger partial charge in [0.05, 0.1) is 0 Å². The third kappa shape index (κ3) is 17.8. The SMILES string of the molecule is CC.CC.CC.CC.CC.CC.CC.CC.CCc1ccc2c(c1)sc1ccccc12.CCc1ccc2sc3ccccc3c2c1.CCc1cccc2c1sc1ccccc12.CCc1cccc2sc3ccccc3c12. The molecule has 4 heteroatoms. The van der Waals surface area contributed by atoms with Crippen molar-refractivity contribution in [2.45, 2.75) is 164 Å². The molecule has 76 heavy (non-hydrogen) atoms. The number of aryl methyl sites for hydroxylation is 4. The minimum Gasteiger partial charge on any atom is -0.135 e. The molecule has 0 nitrogen and oxygen atoms in total. The van der Waals surface area contributed by atoms with Crippen molar-refractivity contribution in [1.29, 1.82) is 0 Å². The highest BCUT2D eigenvalue weighted by atomic mass is 32.1. The van der Waals surface area contributed by atoms with E-state index >= 15 is 0 Å². The largest absolute Gasteiger partial charge is 0.135 e. The van der Waals surface area contributed by atoms with E-state index in [0.29, 0.717) is 0 Å². The number of hydrogen-bond donors (Lipinski definition) is 0. The topological polar surface area (TPSA) is 0 Å². The molecule has 0 atom stereocenters. The van der Waals surface area contributed by atoms with Gasteiger partial charge in [0, 0.05) is 80.7 Å². The molecule has 12 aromatic rings. The van der Waals surface area contributed by atoms with Gasteiger partial charge in [-0.15, -0.1) is 45.3 Å². The van der Waals surface area contributed by atoms with Crippen molar-refractivity contribution in [2.24, 2.45) is 0 Å².